The topological polar surface area (TPSA) is 116 Å². The minimum absolute atomic E-state index is 0.00333. The van der Waals surface area contributed by atoms with Crippen molar-refractivity contribution in [2.45, 2.75) is 25.0 Å². The molecular weight excluding hydrogens is 252 g/mol. The number of nitrogens with one attached hydrogen (secondary N) is 1. The molecule has 0 saturated carbocycles. The number of ether oxygens (including phenoxy) is 1. The number of hydrogen-bond acceptors (Lipinski definition) is 5. The van der Waals surface area contributed by atoms with Crippen LogP contribution in [0.5, 0.6) is 0 Å². The van der Waals surface area contributed by atoms with Crippen LogP contribution in [-0.4, -0.2) is 34.1 Å². The molecule has 0 radical (unpaired) electrons. The van der Waals surface area contributed by atoms with Gasteiger partial charge in [0.1, 0.15) is 11.2 Å². The highest BCUT2D eigenvalue weighted by atomic mass is 16.5. The quantitative estimate of drug-likeness (QED) is 0.608. The molecule has 0 aliphatic carbocycles. The molecule has 0 saturated heterocycles. The third-order valence-electron chi connectivity index (χ3n) is 3.82. The summed E-state index contributed by atoms with van der Waals surface area (Å²) in [6.45, 7) is 2.82. The van der Waals surface area contributed by atoms with Gasteiger partial charge in [0, 0.05) is 0 Å². The molecule has 2 amide bonds. The number of carbonyl (C=O) groups excluding carboxylic acids is 2. The van der Waals surface area contributed by atoms with E-state index < -0.39 is 29.0 Å². The zero-order valence-corrected chi connectivity index (χ0v) is 10.0. The van der Waals surface area contributed by atoms with Crippen molar-refractivity contribution < 1.29 is 24.2 Å². The second-order valence-corrected chi connectivity index (χ2v) is 4.87. The van der Waals surface area contributed by atoms with Gasteiger partial charge >= 0.3 is 5.97 Å². The van der Waals surface area contributed by atoms with Gasteiger partial charge in [-0.05, 0) is 13.8 Å². The molecule has 96 valence electrons. The lowest BCUT2D eigenvalue weighted by Crippen LogP contribution is -2.39. The summed E-state index contributed by atoms with van der Waals surface area (Å²) >= 11 is 0. The molecule has 0 aromatic heterocycles. The fourth-order valence-electron chi connectivity index (χ4n) is 3.18. The second-order valence-electron chi connectivity index (χ2n) is 4.87. The lowest BCUT2D eigenvalue weighted by molar-refractivity contribution is -0.134. The van der Waals surface area contributed by atoms with Crippen LogP contribution in [0.2, 0.25) is 0 Å². The van der Waals surface area contributed by atoms with Crippen molar-refractivity contribution in [3.8, 4) is 6.07 Å². The Morgan fingerprint density at radius 1 is 1.26 bits per heavy atom. The number of amides is 2. The lowest BCUT2D eigenvalue weighted by Gasteiger charge is -2.24. The second kappa shape index (κ2) is 2.92. The Kier molecular flexibility index (Phi) is 1.79. The van der Waals surface area contributed by atoms with Gasteiger partial charge in [-0.15, -0.1) is 0 Å². The number of hydrogen-bond donors (Lipinski definition) is 2. The van der Waals surface area contributed by atoms with Crippen molar-refractivity contribution in [3.63, 3.8) is 0 Å². The smallest absolute Gasteiger partial charge is 0.336 e. The van der Waals surface area contributed by atoms with E-state index in [9.17, 15) is 19.5 Å². The summed E-state index contributed by atoms with van der Waals surface area (Å²) in [5.74, 6) is -2.63. The third-order valence-corrected chi connectivity index (χ3v) is 3.82. The minimum Gasteiger partial charge on any atom is -0.478 e. The van der Waals surface area contributed by atoms with E-state index in [1.54, 1.807) is 6.07 Å². The van der Waals surface area contributed by atoms with Crippen LogP contribution in [-0.2, 0) is 19.1 Å². The molecule has 2 N–H and O–H groups in total. The Labute approximate surface area is 107 Å². The number of fused-ring (bicyclic) bond motifs is 4. The molecule has 7 heteroatoms. The first-order valence-electron chi connectivity index (χ1n) is 5.47. The zero-order chi connectivity index (χ0) is 14.2. The van der Waals surface area contributed by atoms with Crippen LogP contribution in [0.3, 0.4) is 0 Å². The maximum absolute atomic E-state index is 11.8. The standard InChI is InChI=1S/C12H8N2O5/c1-11-4(3-13)5(10(17)18)12(2,19-11)7-6(11)8(15)14-9(7)16/h1-2H3,(H,17,18)(H,14,15,16). The number of nitrogens with zero attached hydrogens (tertiary/aromatic N) is 1. The molecule has 3 aliphatic rings. The highest BCUT2D eigenvalue weighted by Gasteiger charge is 2.68. The van der Waals surface area contributed by atoms with Crippen LogP contribution in [0.1, 0.15) is 13.8 Å². The summed E-state index contributed by atoms with van der Waals surface area (Å²) in [5.41, 5.74) is -3.40. The molecule has 3 heterocycles. The zero-order valence-electron chi connectivity index (χ0n) is 10.0. The average molecular weight is 260 g/mol. The predicted octanol–water partition coefficient (Wildman–Crippen LogP) is -0.595. The molecule has 2 atom stereocenters. The Morgan fingerprint density at radius 2 is 1.79 bits per heavy atom. The van der Waals surface area contributed by atoms with Crippen molar-refractivity contribution in [1.29, 1.82) is 5.26 Å². The number of carbonyl (C=O) groups is 3. The van der Waals surface area contributed by atoms with Crippen molar-refractivity contribution in [2.24, 2.45) is 0 Å². The van der Waals surface area contributed by atoms with Crippen molar-refractivity contribution in [2.75, 3.05) is 0 Å². The number of carboxylic acids is 1. The molecule has 3 aliphatic heterocycles. The highest BCUT2D eigenvalue weighted by Crippen LogP contribution is 2.58. The SMILES string of the molecule is CC12OC(C)(C(C(=O)O)=C1C#N)C1=C2C(=O)NC1=O. The normalized spacial score (nSPS) is 35.6. The lowest BCUT2D eigenvalue weighted by atomic mass is 9.74. The molecule has 3 rings (SSSR count). The van der Waals surface area contributed by atoms with Gasteiger partial charge in [-0.2, -0.15) is 5.26 Å². The van der Waals surface area contributed by atoms with Crippen LogP contribution in [0.25, 0.3) is 0 Å². The summed E-state index contributed by atoms with van der Waals surface area (Å²) < 4.78 is 5.60. The molecule has 19 heavy (non-hydrogen) atoms. The third kappa shape index (κ3) is 0.994. The highest BCUT2D eigenvalue weighted by molar-refractivity contribution is 6.24. The van der Waals surface area contributed by atoms with Gasteiger partial charge in [0.15, 0.2) is 0 Å². The van der Waals surface area contributed by atoms with Gasteiger partial charge < -0.3 is 9.84 Å². The van der Waals surface area contributed by atoms with E-state index in [-0.39, 0.29) is 22.3 Å². The number of carboxylic acid groups (broad SMARTS) is 1. The monoisotopic (exact) mass is 260 g/mol. The van der Waals surface area contributed by atoms with E-state index in [1.165, 1.54) is 13.8 Å². The molecule has 0 spiro atoms. The first-order valence-corrected chi connectivity index (χ1v) is 5.47. The molecule has 7 nitrogen and oxygen atoms in total. The van der Waals surface area contributed by atoms with E-state index in [2.05, 4.69) is 5.32 Å². The largest absolute Gasteiger partial charge is 0.478 e. The molecule has 0 aromatic carbocycles. The molecule has 2 bridgehead atoms. The van der Waals surface area contributed by atoms with Gasteiger partial charge in [0.25, 0.3) is 11.8 Å². The molecule has 0 fully saturated rings. The Balaban J connectivity index is 2.37. The maximum Gasteiger partial charge on any atom is 0.336 e. The Hall–Kier alpha value is -2.46. The Morgan fingerprint density at radius 3 is 2.26 bits per heavy atom. The minimum atomic E-state index is -1.56. The van der Waals surface area contributed by atoms with Crippen LogP contribution in [0.15, 0.2) is 22.3 Å². The first-order chi connectivity index (χ1) is 8.77. The van der Waals surface area contributed by atoms with Crippen LogP contribution in [0.4, 0.5) is 0 Å². The van der Waals surface area contributed by atoms with E-state index in [0.717, 1.165) is 0 Å². The van der Waals surface area contributed by atoms with Crippen molar-refractivity contribution in [1.82, 2.24) is 5.32 Å². The van der Waals surface area contributed by atoms with Crippen molar-refractivity contribution in [3.05, 3.63) is 22.3 Å². The first kappa shape index (κ1) is 11.6. The van der Waals surface area contributed by atoms with Crippen molar-refractivity contribution >= 4 is 17.8 Å². The number of rotatable bonds is 1. The maximum atomic E-state index is 11.8. The summed E-state index contributed by atoms with van der Waals surface area (Å²) in [5, 5.41) is 20.5. The van der Waals surface area contributed by atoms with E-state index in [0.29, 0.717) is 0 Å². The van der Waals surface area contributed by atoms with Crippen LogP contribution < -0.4 is 5.32 Å². The van der Waals surface area contributed by atoms with Gasteiger partial charge in [-0.25, -0.2) is 4.79 Å². The summed E-state index contributed by atoms with van der Waals surface area (Å²) in [6.07, 6.45) is 0. The number of imide groups is 1. The molecule has 0 aromatic rings. The van der Waals surface area contributed by atoms with E-state index in [4.69, 9.17) is 10.00 Å². The molecular formula is C12H8N2O5. The fourth-order valence-corrected chi connectivity index (χ4v) is 3.18. The van der Waals surface area contributed by atoms with Gasteiger partial charge in [-0.1, -0.05) is 0 Å². The van der Waals surface area contributed by atoms with Gasteiger partial charge in [0.05, 0.1) is 28.4 Å². The Bertz CT molecular complexity index is 695. The number of aliphatic carboxylic acids is 1. The summed E-state index contributed by atoms with van der Waals surface area (Å²) in [6, 6.07) is 1.79. The summed E-state index contributed by atoms with van der Waals surface area (Å²) in [4.78, 5) is 34.9. The van der Waals surface area contributed by atoms with Gasteiger partial charge in [0.2, 0.25) is 0 Å². The summed E-state index contributed by atoms with van der Waals surface area (Å²) in [7, 11) is 0. The van der Waals surface area contributed by atoms with Crippen LogP contribution >= 0.6 is 0 Å². The van der Waals surface area contributed by atoms with Crippen LogP contribution in [0, 0.1) is 11.3 Å². The van der Waals surface area contributed by atoms with E-state index in [1.807, 2.05) is 0 Å². The van der Waals surface area contributed by atoms with E-state index >= 15 is 0 Å². The average Bonchev–Trinajstić information content (AvgIpc) is 2.80. The predicted molar refractivity (Wildman–Crippen MR) is 58.3 cm³/mol. The molecule has 2 unspecified atom stereocenters. The number of nitriles is 1. The fraction of sp³-hybridized carbons (Fsp3) is 0.333. The van der Waals surface area contributed by atoms with Gasteiger partial charge in [-0.3, -0.25) is 14.9 Å².